The van der Waals surface area contributed by atoms with Gasteiger partial charge in [-0.25, -0.2) is 8.78 Å². The van der Waals surface area contributed by atoms with Gasteiger partial charge in [0.05, 0.1) is 12.2 Å². The molecule has 0 spiro atoms. The molecule has 0 radical (unpaired) electrons. The Morgan fingerprint density at radius 3 is 2.50 bits per heavy atom. The lowest BCUT2D eigenvalue weighted by Crippen LogP contribution is -2.08. The lowest BCUT2D eigenvalue weighted by atomic mass is 10.0. The van der Waals surface area contributed by atoms with Crippen LogP contribution in [0.3, 0.4) is 0 Å². The average Bonchev–Trinajstić information content (AvgIpc) is 2.29. The molecule has 90 valence electrons. The first-order chi connectivity index (χ1) is 7.54. The molecule has 0 aliphatic heterocycles. The molecule has 1 N–H and O–H groups in total. The van der Waals surface area contributed by atoms with Crippen LogP contribution in [0.1, 0.15) is 31.4 Å². The van der Waals surface area contributed by atoms with Crippen LogP contribution in [-0.4, -0.2) is 18.3 Å². The minimum atomic E-state index is -0.934. The fraction of sp³-hybridized carbons (Fsp3) is 0.500. The Morgan fingerprint density at radius 2 is 1.94 bits per heavy atom. The van der Waals surface area contributed by atoms with Gasteiger partial charge in [0.2, 0.25) is 0 Å². The number of aliphatic hydroxyl groups excluding tert-OH is 1. The molecule has 2 nitrogen and oxygen atoms in total. The summed E-state index contributed by atoms with van der Waals surface area (Å²) < 4.78 is 30.6. The Kier molecular flexibility index (Phi) is 4.83. The van der Waals surface area contributed by atoms with Crippen LogP contribution in [0.4, 0.5) is 8.78 Å². The number of halogens is 2. The molecule has 0 saturated heterocycles. The molecule has 0 bridgehead atoms. The standard InChI is InChI=1S/C12H16F2O2/c1-8(16-2)3-6-12(15)9-4-5-10(13)11(14)7-9/h4-5,7-8,12,15H,3,6H2,1-2H3. The van der Waals surface area contributed by atoms with Gasteiger partial charge in [-0.05, 0) is 37.5 Å². The van der Waals surface area contributed by atoms with Gasteiger partial charge in [0.1, 0.15) is 0 Å². The van der Waals surface area contributed by atoms with E-state index in [2.05, 4.69) is 0 Å². The largest absolute Gasteiger partial charge is 0.388 e. The zero-order valence-electron chi connectivity index (χ0n) is 9.41. The molecule has 2 atom stereocenters. The first-order valence-electron chi connectivity index (χ1n) is 5.20. The average molecular weight is 230 g/mol. The van der Waals surface area contributed by atoms with Gasteiger partial charge in [-0.15, -0.1) is 0 Å². The Morgan fingerprint density at radius 1 is 1.25 bits per heavy atom. The SMILES string of the molecule is COC(C)CCC(O)c1ccc(F)c(F)c1. The van der Waals surface area contributed by atoms with Crippen LogP contribution in [0.5, 0.6) is 0 Å². The summed E-state index contributed by atoms with van der Waals surface area (Å²) in [5, 5.41) is 9.74. The van der Waals surface area contributed by atoms with E-state index in [0.29, 0.717) is 18.4 Å². The smallest absolute Gasteiger partial charge is 0.159 e. The third kappa shape index (κ3) is 3.54. The predicted octanol–water partition coefficient (Wildman–Crippen LogP) is 2.81. The highest BCUT2D eigenvalue weighted by Crippen LogP contribution is 2.21. The number of benzene rings is 1. The highest BCUT2D eigenvalue weighted by Gasteiger charge is 2.12. The van der Waals surface area contributed by atoms with E-state index in [4.69, 9.17) is 4.74 Å². The fourth-order valence-corrected chi connectivity index (χ4v) is 1.40. The molecule has 0 aliphatic carbocycles. The summed E-state index contributed by atoms with van der Waals surface area (Å²) in [6.07, 6.45) is 0.379. The van der Waals surface area contributed by atoms with Crippen molar-refractivity contribution in [3.05, 3.63) is 35.4 Å². The minimum Gasteiger partial charge on any atom is -0.388 e. The van der Waals surface area contributed by atoms with E-state index in [0.717, 1.165) is 12.1 Å². The molecule has 0 aromatic heterocycles. The highest BCUT2D eigenvalue weighted by atomic mass is 19.2. The topological polar surface area (TPSA) is 29.5 Å². The number of hydrogen-bond acceptors (Lipinski definition) is 2. The second-order valence-electron chi connectivity index (χ2n) is 3.81. The molecular weight excluding hydrogens is 214 g/mol. The molecule has 0 amide bonds. The van der Waals surface area contributed by atoms with E-state index in [9.17, 15) is 13.9 Å². The van der Waals surface area contributed by atoms with Crippen LogP contribution in [0.15, 0.2) is 18.2 Å². The second-order valence-corrected chi connectivity index (χ2v) is 3.81. The molecule has 16 heavy (non-hydrogen) atoms. The normalized spacial score (nSPS) is 14.8. The van der Waals surface area contributed by atoms with Gasteiger partial charge >= 0.3 is 0 Å². The molecule has 2 unspecified atom stereocenters. The van der Waals surface area contributed by atoms with Crippen molar-refractivity contribution in [2.75, 3.05) is 7.11 Å². The third-order valence-electron chi connectivity index (χ3n) is 2.58. The maximum Gasteiger partial charge on any atom is 0.159 e. The number of methoxy groups -OCH3 is 1. The quantitative estimate of drug-likeness (QED) is 0.842. The molecule has 0 fully saturated rings. The van der Waals surface area contributed by atoms with Crippen molar-refractivity contribution in [3.8, 4) is 0 Å². The summed E-state index contributed by atoms with van der Waals surface area (Å²) in [6, 6.07) is 3.44. The lowest BCUT2D eigenvalue weighted by Gasteiger charge is -2.14. The van der Waals surface area contributed by atoms with Crippen LogP contribution in [0.2, 0.25) is 0 Å². The maximum absolute atomic E-state index is 12.9. The minimum absolute atomic E-state index is 0.0416. The molecule has 1 rings (SSSR count). The summed E-state index contributed by atoms with van der Waals surface area (Å²) in [5.74, 6) is -1.84. The Balaban J connectivity index is 2.59. The molecule has 0 saturated carbocycles. The first-order valence-corrected chi connectivity index (χ1v) is 5.20. The van der Waals surface area contributed by atoms with Gasteiger partial charge in [-0.1, -0.05) is 6.07 Å². The maximum atomic E-state index is 12.9. The van der Waals surface area contributed by atoms with Gasteiger partial charge in [-0.2, -0.15) is 0 Å². The highest BCUT2D eigenvalue weighted by molar-refractivity contribution is 5.19. The summed E-state index contributed by atoms with van der Waals surface area (Å²) in [5.41, 5.74) is 0.391. The molecule has 0 heterocycles. The van der Waals surface area contributed by atoms with E-state index in [1.54, 1.807) is 7.11 Å². The number of ether oxygens (including phenoxy) is 1. The third-order valence-corrected chi connectivity index (χ3v) is 2.58. The Labute approximate surface area is 93.9 Å². The number of hydrogen-bond donors (Lipinski definition) is 1. The zero-order valence-corrected chi connectivity index (χ0v) is 9.41. The molecule has 0 aliphatic rings. The van der Waals surface area contributed by atoms with Crippen LogP contribution >= 0.6 is 0 Å². The van der Waals surface area contributed by atoms with Crippen molar-refractivity contribution in [2.45, 2.75) is 32.0 Å². The summed E-state index contributed by atoms with van der Waals surface area (Å²) in [6.45, 7) is 1.89. The van der Waals surface area contributed by atoms with Crippen molar-refractivity contribution < 1.29 is 18.6 Å². The summed E-state index contributed by atoms with van der Waals surface area (Å²) >= 11 is 0. The summed E-state index contributed by atoms with van der Waals surface area (Å²) in [4.78, 5) is 0. The molecule has 1 aromatic rings. The number of aliphatic hydroxyl groups is 1. The van der Waals surface area contributed by atoms with Crippen LogP contribution in [0.25, 0.3) is 0 Å². The molecule has 1 aromatic carbocycles. The van der Waals surface area contributed by atoms with E-state index >= 15 is 0 Å². The van der Waals surface area contributed by atoms with Crippen LogP contribution < -0.4 is 0 Å². The van der Waals surface area contributed by atoms with Gasteiger partial charge in [0.25, 0.3) is 0 Å². The molecular formula is C12H16F2O2. The van der Waals surface area contributed by atoms with Crippen LogP contribution in [0, 0.1) is 11.6 Å². The summed E-state index contributed by atoms with van der Waals surface area (Å²) in [7, 11) is 1.59. The fourth-order valence-electron chi connectivity index (χ4n) is 1.40. The Hall–Kier alpha value is -1.00. The van der Waals surface area contributed by atoms with Crippen molar-refractivity contribution >= 4 is 0 Å². The van der Waals surface area contributed by atoms with E-state index in [1.165, 1.54) is 6.07 Å². The van der Waals surface area contributed by atoms with Gasteiger partial charge in [0.15, 0.2) is 11.6 Å². The van der Waals surface area contributed by atoms with Gasteiger partial charge in [0, 0.05) is 7.11 Å². The first kappa shape index (κ1) is 13.1. The van der Waals surface area contributed by atoms with Crippen LogP contribution in [-0.2, 0) is 4.74 Å². The number of rotatable bonds is 5. The van der Waals surface area contributed by atoms with E-state index in [-0.39, 0.29) is 6.10 Å². The van der Waals surface area contributed by atoms with Crippen molar-refractivity contribution in [3.63, 3.8) is 0 Å². The van der Waals surface area contributed by atoms with E-state index < -0.39 is 17.7 Å². The van der Waals surface area contributed by atoms with Gasteiger partial charge < -0.3 is 9.84 Å². The van der Waals surface area contributed by atoms with Crippen molar-refractivity contribution in [1.82, 2.24) is 0 Å². The Bertz CT molecular complexity index is 342. The monoisotopic (exact) mass is 230 g/mol. The van der Waals surface area contributed by atoms with E-state index in [1.807, 2.05) is 6.92 Å². The van der Waals surface area contributed by atoms with Crippen molar-refractivity contribution in [1.29, 1.82) is 0 Å². The van der Waals surface area contributed by atoms with Crippen molar-refractivity contribution in [2.24, 2.45) is 0 Å². The predicted molar refractivity (Wildman–Crippen MR) is 57.0 cm³/mol. The van der Waals surface area contributed by atoms with Gasteiger partial charge in [-0.3, -0.25) is 0 Å². The molecule has 4 heteroatoms. The lowest BCUT2D eigenvalue weighted by molar-refractivity contribution is 0.0850. The second kappa shape index (κ2) is 5.92. The zero-order chi connectivity index (χ0) is 12.1.